The monoisotopic (exact) mass is 406 g/mol. The first-order valence-corrected chi connectivity index (χ1v) is 9.97. The summed E-state index contributed by atoms with van der Waals surface area (Å²) in [5, 5.41) is 0. The fourth-order valence-corrected chi connectivity index (χ4v) is 3.76. The van der Waals surface area contributed by atoms with Gasteiger partial charge < -0.3 is 9.80 Å². The standard InChI is InChI=1S/C23H29F3N2O/c1-16-14-27(12-10-21(16,2)3)17-6-8-18(9-7-17)28-13-11-22(4,5)19(15-28)20(29)23(24,25)26/h6-9,14-15H,10-13H2,1-5H3. The van der Waals surface area contributed by atoms with E-state index in [1.54, 1.807) is 18.7 Å². The maximum absolute atomic E-state index is 13.0. The van der Waals surface area contributed by atoms with Crippen LogP contribution in [0.25, 0.3) is 0 Å². The average Bonchev–Trinajstić information content (AvgIpc) is 2.63. The van der Waals surface area contributed by atoms with Crippen LogP contribution < -0.4 is 9.80 Å². The normalized spacial score (nSPS) is 21.5. The Kier molecular flexibility index (Phi) is 5.35. The van der Waals surface area contributed by atoms with Gasteiger partial charge in [0.1, 0.15) is 0 Å². The summed E-state index contributed by atoms with van der Waals surface area (Å²) in [6.45, 7) is 11.5. The minimum Gasteiger partial charge on any atom is -0.348 e. The van der Waals surface area contributed by atoms with Crippen LogP contribution in [0.3, 0.4) is 0 Å². The lowest BCUT2D eigenvalue weighted by molar-refractivity contribution is -0.167. The summed E-state index contributed by atoms with van der Waals surface area (Å²) in [6, 6.07) is 7.78. The van der Waals surface area contributed by atoms with Gasteiger partial charge in [-0.05, 0) is 54.9 Å². The maximum Gasteiger partial charge on any atom is 0.454 e. The van der Waals surface area contributed by atoms with Crippen LogP contribution in [0.4, 0.5) is 24.5 Å². The number of benzene rings is 1. The predicted octanol–water partition coefficient (Wildman–Crippen LogP) is 6.08. The lowest BCUT2D eigenvalue weighted by Gasteiger charge is -2.38. The van der Waals surface area contributed by atoms with Crippen LogP contribution in [0.5, 0.6) is 0 Å². The predicted molar refractivity (Wildman–Crippen MR) is 111 cm³/mol. The van der Waals surface area contributed by atoms with Gasteiger partial charge in [-0.15, -0.1) is 0 Å². The molecule has 0 fully saturated rings. The molecule has 0 bridgehead atoms. The number of halogens is 3. The molecule has 3 nitrogen and oxygen atoms in total. The summed E-state index contributed by atoms with van der Waals surface area (Å²) in [4.78, 5) is 15.9. The highest BCUT2D eigenvalue weighted by Gasteiger charge is 2.46. The van der Waals surface area contributed by atoms with Crippen LogP contribution in [0, 0.1) is 10.8 Å². The fourth-order valence-electron chi connectivity index (χ4n) is 3.76. The van der Waals surface area contributed by atoms with Gasteiger partial charge in [0, 0.05) is 42.4 Å². The molecule has 6 heteroatoms. The first-order chi connectivity index (χ1) is 13.3. The van der Waals surface area contributed by atoms with Gasteiger partial charge in [-0.2, -0.15) is 13.2 Å². The number of hydrogen-bond acceptors (Lipinski definition) is 3. The summed E-state index contributed by atoms with van der Waals surface area (Å²) < 4.78 is 39.1. The van der Waals surface area contributed by atoms with Crippen molar-refractivity contribution in [1.82, 2.24) is 0 Å². The SMILES string of the molecule is CC1=CN(c2ccc(N3C=C(C(=O)C(F)(F)F)C(C)(C)CC3)cc2)CCC1(C)C. The smallest absolute Gasteiger partial charge is 0.348 e. The Morgan fingerprint density at radius 3 is 1.76 bits per heavy atom. The molecule has 0 saturated heterocycles. The zero-order valence-electron chi connectivity index (χ0n) is 17.7. The molecule has 2 heterocycles. The van der Waals surface area contributed by atoms with Crippen LogP contribution in [0.2, 0.25) is 0 Å². The van der Waals surface area contributed by atoms with E-state index in [0.717, 1.165) is 24.3 Å². The molecule has 29 heavy (non-hydrogen) atoms. The highest BCUT2D eigenvalue weighted by Crippen LogP contribution is 2.40. The van der Waals surface area contributed by atoms with Gasteiger partial charge in [0.2, 0.25) is 0 Å². The summed E-state index contributed by atoms with van der Waals surface area (Å²) in [5.41, 5.74) is 2.38. The number of carbonyl (C=O) groups excluding carboxylic acids is 1. The van der Waals surface area contributed by atoms with Crippen LogP contribution in [0.1, 0.15) is 47.5 Å². The van der Waals surface area contributed by atoms with Crippen molar-refractivity contribution in [3.05, 3.63) is 47.8 Å². The lowest BCUT2D eigenvalue weighted by atomic mass is 9.77. The molecule has 1 aromatic carbocycles. The molecule has 3 rings (SSSR count). The Bertz CT molecular complexity index is 848. The number of carbonyl (C=O) groups is 1. The summed E-state index contributed by atoms with van der Waals surface area (Å²) in [5.74, 6) is -1.75. The molecule has 0 amide bonds. The number of ketones is 1. The van der Waals surface area contributed by atoms with Crippen molar-refractivity contribution in [2.75, 3.05) is 22.9 Å². The third-order valence-corrected chi connectivity index (χ3v) is 6.40. The van der Waals surface area contributed by atoms with E-state index >= 15 is 0 Å². The molecule has 0 radical (unpaired) electrons. The first-order valence-electron chi connectivity index (χ1n) is 9.97. The van der Waals surface area contributed by atoms with Crippen molar-refractivity contribution in [2.24, 2.45) is 10.8 Å². The number of allylic oxidation sites excluding steroid dienone is 2. The van der Waals surface area contributed by atoms with Crippen molar-refractivity contribution >= 4 is 17.2 Å². The van der Waals surface area contributed by atoms with Gasteiger partial charge in [0.15, 0.2) is 0 Å². The molecule has 0 spiro atoms. The lowest BCUT2D eigenvalue weighted by Crippen LogP contribution is -2.39. The topological polar surface area (TPSA) is 23.6 Å². The minimum atomic E-state index is -4.86. The van der Waals surface area contributed by atoms with Crippen molar-refractivity contribution in [3.63, 3.8) is 0 Å². The van der Waals surface area contributed by atoms with Gasteiger partial charge in [0.05, 0.1) is 0 Å². The Labute approximate surface area is 170 Å². The zero-order chi connectivity index (χ0) is 21.6. The van der Waals surface area contributed by atoms with E-state index in [9.17, 15) is 18.0 Å². The van der Waals surface area contributed by atoms with Crippen LogP contribution in [-0.2, 0) is 4.79 Å². The Morgan fingerprint density at radius 1 is 0.862 bits per heavy atom. The van der Waals surface area contributed by atoms with E-state index < -0.39 is 17.4 Å². The molecule has 158 valence electrons. The van der Waals surface area contributed by atoms with Gasteiger partial charge in [0.25, 0.3) is 5.78 Å². The third kappa shape index (κ3) is 4.36. The molecule has 1 aromatic rings. The van der Waals surface area contributed by atoms with E-state index in [-0.39, 0.29) is 11.0 Å². The Morgan fingerprint density at radius 2 is 1.31 bits per heavy atom. The zero-order valence-corrected chi connectivity index (χ0v) is 17.7. The molecule has 0 saturated carbocycles. The van der Waals surface area contributed by atoms with E-state index in [4.69, 9.17) is 0 Å². The number of rotatable bonds is 3. The summed E-state index contributed by atoms with van der Waals surface area (Å²) in [6.07, 6.45) is 0.224. The van der Waals surface area contributed by atoms with Gasteiger partial charge in [-0.25, -0.2) is 0 Å². The molecule has 2 aliphatic heterocycles. The number of nitrogens with zero attached hydrogens (tertiary/aromatic N) is 2. The number of Topliss-reactive ketones (excluding diaryl/α,β-unsaturated/α-hetero) is 1. The second-order valence-electron chi connectivity index (χ2n) is 9.35. The third-order valence-electron chi connectivity index (χ3n) is 6.40. The Hall–Kier alpha value is -2.24. The largest absolute Gasteiger partial charge is 0.454 e. The van der Waals surface area contributed by atoms with E-state index in [1.807, 2.05) is 24.3 Å². The molecule has 0 N–H and O–H groups in total. The molecule has 0 aromatic heterocycles. The van der Waals surface area contributed by atoms with E-state index in [1.165, 1.54) is 11.8 Å². The van der Waals surface area contributed by atoms with Crippen molar-refractivity contribution < 1.29 is 18.0 Å². The number of hydrogen-bond donors (Lipinski definition) is 0. The van der Waals surface area contributed by atoms with E-state index in [2.05, 4.69) is 31.9 Å². The highest BCUT2D eigenvalue weighted by atomic mass is 19.4. The molecule has 0 atom stereocenters. The highest BCUT2D eigenvalue weighted by molar-refractivity contribution is 6.01. The van der Waals surface area contributed by atoms with Crippen molar-refractivity contribution in [3.8, 4) is 0 Å². The second-order valence-corrected chi connectivity index (χ2v) is 9.35. The second kappa shape index (κ2) is 7.22. The van der Waals surface area contributed by atoms with Crippen molar-refractivity contribution in [2.45, 2.75) is 53.6 Å². The number of anilines is 2. The molecular weight excluding hydrogens is 377 g/mol. The van der Waals surface area contributed by atoms with E-state index in [0.29, 0.717) is 13.0 Å². The quantitative estimate of drug-likeness (QED) is 0.608. The molecule has 2 aliphatic rings. The number of alkyl halides is 3. The minimum absolute atomic E-state index is 0.183. The molecule has 0 unspecified atom stereocenters. The van der Waals surface area contributed by atoms with Gasteiger partial charge in [-0.3, -0.25) is 4.79 Å². The first kappa shape index (κ1) is 21.5. The molecule has 0 aliphatic carbocycles. The summed E-state index contributed by atoms with van der Waals surface area (Å²) in [7, 11) is 0. The van der Waals surface area contributed by atoms with Crippen LogP contribution >= 0.6 is 0 Å². The maximum atomic E-state index is 13.0. The van der Waals surface area contributed by atoms with Gasteiger partial charge >= 0.3 is 6.18 Å². The van der Waals surface area contributed by atoms with Crippen LogP contribution in [-0.4, -0.2) is 25.0 Å². The average molecular weight is 406 g/mol. The van der Waals surface area contributed by atoms with Gasteiger partial charge in [-0.1, -0.05) is 33.3 Å². The molecular formula is C23H29F3N2O. The fraction of sp³-hybridized carbons (Fsp3) is 0.522. The van der Waals surface area contributed by atoms with Crippen molar-refractivity contribution in [1.29, 1.82) is 0 Å². The Balaban J connectivity index is 1.85. The summed E-state index contributed by atoms with van der Waals surface area (Å²) >= 11 is 0. The van der Waals surface area contributed by atoms with Crippen LogP contribution in [0.15, 0.2) is 47.8 Å².